The fourth-order valence-corrected chi connectivity index (χ4v) is 1.80. The number of hydrogen-bond acceptors (Lipinski definition) is 5. The number of hydrogen-bond donors (Lipinski definition) is 1. The summed E-state index contributed by atoms with van der Waals surface area (Å²) in [6, 6.07) is 1.64. The van der Waals surface area contributed by atoms with Crippen molar-refractivity contribution in [3.8, 4) is 0 Å². The molecule has 5 nitrogen and oxygen atoms in total. The number of nitrogens with one attached hydrogen (secondary N) is 1. The van der Waals surface area contributed by atoms with Crippen LogP contribution in [-0.4, -0.2) is 20.5 Å². The highest BCUT2D eigenvalue weighted by molar-refractivity contribution is 7.10. The Morgan fingerprint density at radius 2 is 2.31 bits per heavy atom. The maximum absolute atomic E-state index is 11.8. The van der Waals surface area contributed by atoms with Crippen LogP contribution in [0.4, 0.5) is 5.00 Å². The summed E-state index contributed by atoms with van der Waals surface area (Å²) >= 11 is 7.03. The molecule has 0 aromatic carbocycles. The number of aryl methyl sites for hydroxylation is 1. The molecule has 2 heterocycles. The van der Waals surface area contributed by atoms with Gasteiger partial charge in [-0.25, -0.2) is 0 Å². The Kier molecular flexibility index (Phi) is 3.12. The summed E-state index contributed by atoms with van der Waals surface area (Å²) in [5.41, 5.74) is 1.10. The molecular formula is C9H7ClN4OS. The smallest absolute Gasteiger partial charge is 0.259 e. The molecule has 1 amide bonds. The van der Waals surface area contributed by atoms with E-state index in [0.29, 0.717) is 15.6 Å². The van der Waals surface area contributed by atoms with E-state index in [0.717, 1.165) is 17.2 Å². The van der Waals surface area contributed by atoms with Crippen molar-refractivity contribution in [1.82, 2.24) is 14.6 Å². The van der Waals surface area contributed by atoms with Gasteiger partial charge in [0.05, 0.1) is 16.8 Å². The van der Waals surface area contributed by atoms with E-state index in [1.807, 2.05) is 0 Å². The number of anilines is 1. The van der Waals surface area contributed by atoms with Gasteiger partial charge < -0.3 is 5.32 Å². The highest BCUT2D eigenvalue weighted by Crippen LogP contribution is 2.18. The van der Waals surface area contributed by atoms with Crippen LogP contribution in [0, 0.1) is 6.92 Å². The average molecular weight is 255 g/mol. The topological polar surface area (TPSA) is 67.8 Å². The first-order chi connectivity index (χ1) is 7.66. The van der Waals surface area contributed by atoms with Crippen molar-refractivity contribution in [2.24, 2.45) is 0 Å². The van der Waals surface area contributed by atoms with Crippen LogP contribution in [0.1, 0.15) is 16.1 Å². The molecule has 2 rings (SSSR count). The molecule has 0 atom stereocenters. The summed E-state index contributed by atoms with van der Waals surface area (Å²) in [6.07, 6.45) is 2.92. The van der Waals surface area contributed by atoms with E-state index in [4.69, 9.17) is 11.6 Å². The third-order valence-corrected chi connectivity index (χ3v) is 2.73. The molecule has 0 fully saturated rings. The average Bonchev–Trinajstić information content (AvgIpc) is 2.70. The van der Waals surface area contributed by atoms with Gasteiger partial charge in [0.1, 0.15) is 5.00 Å². The number of halogens is 1. The molecule has 82 valence electrons. The zero-order chi connectivity index (χ0) is 11.5. The predicted molar refractivity (Wildman–Crippen MR) is 61.8 cm³/mol. The third-order valence-electron chi connectivity index (χ3n) is 1.83. The molecule has 0 aliphatic rings. The summed E-state index contributed by atoms with van der Waals surface area (Å²) in [5, 5.41) is 7.19. The molecule has 7 heteroatoms. The quantitative estimate of drug-likeness (QED) is 0.892. The zero-order valence-electron chi connectivity index (χ0n) is 8.27. The second-order valence-electron chi connectivity index (χ2n) is 3.04. The minimum Gasteiger partial charge on any atom is -0.311 e. The lowest BCUT2D eigenvalue weighted by molar-refractivity contribution is 0.102. The van der Waals surface area contributed by atoms with E-state index in [1.54, 1.807) is 13.0 Å². The van der Waals surface area contributed by atoms with Crippen LogP contribution in [0.25, 0.3) is 0 Å². The van der Waals surface area contributed by atoms with E-state index in [2.05, 4.69) is 19.9 Å². The van der Waals surface area contributed by atoms with Gasteiger partial charge in [0.25, 0.3) is 5.91 Å². The molecule has 0 saturated carbocycles. The van der Waals surface area contributed by atoms with Crippen molar-refractivity contribution >= 4 is 34.0 Å². The van der Waals surface area contributed by atoms with Gasteiger partial charge in [-0.3, -0.25) is 9.78 Å². The first-order valence-corrected chi connectivity index (χ1v) is 5.53. The van der Waals surface area contributed by atoms with Crippen molar-refractivity contribution in [3.05, 3.63) is 34.7 Å². The summed E-state index contributed by atoms with van der Waals surface area (Å²) < 4.78 is 3.63. The summed E-state index contributed by atoms with van der Waals surface area (Å²) in [5.74, 6) is -0.316. The number of nitrogens with zero attached hydrogens (tertiary/aromatic N) is 3. The largest absolute Gasteiger partial charge is 0.311 e. The van der Waals surface area contributed by atoms with Crippen LogP contribution >= 0.6 is 23.1 Å². The Morgan fingerprint density at radius 3 is 2.94 bits per heavy atom. The van der Waals surface area contributed by atoms with Crippen LogP contribution < -0.4 is 5.32 Å². The fourth-order valence-electron chi connectivity index (χ4n) is 1.09. The monoisotopic (exact) mass is 254 g/mol. The molecule has 0 unspecified atom stereocenters. The van der Waals surface area contributed by atoms with E-state index in [9.17, 15) is 4.79 Å². The molecular weight excluding hydrogens is 248 g/mol. The molecule has 0 bridgehead atoms. The summed E-state index contributed by atoms with van der Waals surface area (Å²) in [6.45, 7) is 1.81. The SMILES string of the molecule is Cc1cc(Cl)c(C(=O)Nc2cnns2)cn1. The highest BCUT2D eigenvalue weighted by Gasteiger charge is 2.12. The van der Waals surface area contributed by atoms with Crippen molar-refractivity contribution in [1.29, 1.82) is 0 Å². The van der Waals surface area contributed by atoms with Gasteiger partial charge in [0, 0.05) is 23.4 Å². The van der Waals surface area contributed by atoms with Gasteiger partial charge in [-0.1, -0.05) is 16.1 Å². The van der Waals surface area contributed by atoms with Gasteiger partial charge in [-0.2, -0.15) is 0 Å². The van der Waals surface area contributed by atoms with Gasteiger partial charge in [0.15, 0.2) is 0 Å². The molecule has 2 aromatic heterocycles. The molecule has 0 saturated heterocycles. The van der Waals surface area contributed by atoms with Gasteiger partial charge >= 0.3 is 0 Å². The molecule has 2 aromatic rings. The Morgan fingerprint density at radius 1 is 1.50 bits per heavy atom. The second kappa shape index (κ2) is 4.54. The zero-order valence-corrected chi connectivity index (χ0v) is 9.84. The van der Waals surface area contributed by atoms with E-state index >= 15 is 0 Å². The lowest BCUT2D eigenvalue weighted by Gasteiger charge is -2.03. The Labute approximate surface area is 101 Å². The highest BCUT2D eigenvalue weighted by atomic mass is 35.5. The number of carbonyl (C=O) groups is 1. The van der Waals surface area contributed by atoms with Crippen LogP contribution in [0.5, 0.6) is 0 Å². The predicted octanol–water partition coefficient (Wildman–Crippen LogP) is 2.15. The van der Waals surface area contributed by atoms with Crippen LogP contribution in [0.2, 0.25) is 5.02 Å². The number of aromatic nitrogens is 3. The van der Waals surface area contributed by atoms with Gasteiger partial charge in [0.2, 0.25) is 0 Å². The van der Waals surface area contributed by atoms with Crippen molar-refractivity contribution in [2.45, 2.75) is 6.92 Å². The van der Waals surface area contributed by atoms with E-state index in [1.165, 1.54) is 12.4 Å². The fraction of sp³-hybridized carbons (Fsp3) is 0.111. The second-order valence-corrected chi connectivity index (χ2v) is 4.23. The number of amides is 1. The number of carbonyl (C=O) groups excluding carboxylic acids is 1. The summed E-state index contributed by atoms with van der Waals surface area (Å²) in [7, 11) is 0. The Bertz CT molecular complexity index is 514. The lowest BCUT2D eigenvalue weighted by Crippen LogP contribution is -2.12. The Hall–Kier alpha value is -1.53. The van der Waals surface area contributed by atoms with Crippen molar-refractivity contribution in [3.63, 3.8) is 0 Å². The minimum atomic E-state index is -0.316. The van der Waals surface area contributed by atoms with E-state index in [-0.39, 0.29) is 5.91 Å². The molecule has 0 aliphatic carbocycles. The van der Waals surface area contributed by atoms with Gasteiger partial charge in [-0.05, 0) is 13.0 Å². The molecule has 0 spiro atoms. The molecule has 0 radical (unpaired) electrons. The van der Waals surface area contributed by atoms with Crippen LogP contribution in [-0.2, 0) is 0 Å². The standard InChI is InChI=1S/C9H7ClN4OS/c1-5-2-7(10)6(3-11-5)9(15)13-8-4-12-14-16-8/h2-4H,1H3,(H,13,15). The van der Waals surface area contributed by atoms with Crippen molar-refractivity contribution < 1.29 is 4.79 Å². The first-order valence-electron chi connectivity index (χ1n) is 4.37. The normalized spacial score (nSPS) is 10.1. The maximum atomic E-state index is 11.8. The Balaban J connectivity index is 2.21. The van der Waals surface area contributed by atoms with Crippen molar-refractivity contribution in [2.75, 3.05) is 5.32 Å². The van der Waals surface area contributed by atoms with E-state index < -0.39 is 0 Å². The van der Waals surface area contributed by atoms with Crippen LogP contribution in [0.15, 0.2) is 18.5 Å². The minimum absolute atomic E-state index is 0.316. The number of pyridine rings is 1. The summed E-state index contributed by atoms with van der Waals surface area (Å²) in [4.78, 5) is 15.8. The maximum Gasteiger partial charge on any atom is 0.259 e. The third kappa shape index (κ3) is 2.34. The first kappa shape index (κ1) is 11.0. The molecule has 16 heavy (non-hydrogen) atoms. The lowest BCUT2D eigenvalue weighted by atomic mass is 10.2. The van der Waals surface area contributed by atoms with Gasteiger partial charge in [-0.15, -0.1) is 5.10 Å². The number of rotatable bonds is 2. The molecule has 1 N–H and O–H groups in total. The molecule has 0 aliphatic heterocycles. The van der Waals surface area contributed by atoms with Crippen LogP contribution in [0.3, 0.4) is 0 Å².